The van der Waals surface area contributed by atoms with Gasteiger partial charge in [0, 0.05) is 0 Å². The summed E-state index contributed by atoms with van der Waals surface area (Å²) in [4.78, 5) is 4.06. The second-order valence-electron chi connectivity index (χ2n) is 0.462. The fourth-order valence-electron chi connectivity index (χ4n) is 0.0663. The Kier molecular flexibility index (Phi) is 5.73. The lowest BCUT2D eigenvalue weighted by Gasteiger charge is -1.90. The van der Waals surface area contributed by atoms with Crippen molar-refractivity contribution in [2.75, 3.05) is 6.07 Å². The molecule has 3 nitrogen and oxygen atoms in total. The third-order valence-corrected chi connectivity index (χ3v) is 0.386. The van der Waals surface area contributed by atoms with Crippen LogP contribution >= 0.6 is 11.6 Å². The van der Waals surface area contributed by atoms with Crippen LogP contribution in [0.3, 0.4) is 0 Å². The van der Waals surface area contributed by atoms with Gasteiger partial charge in [-0.05, 0) is 0 Å². The van der Waals surface area contributed by atoms with Gasteiger partial charge in [-0.3, -0.25) is 4.58 Å². The molecule has 0 spiro atoms. The fraction of sp³-hybridized carbons (Fsp3) is 1.00. The van der Waals surface area contributed by atoms with Crippen molar-refractivity contribution in [2.45, 2.75) is 0 Å². The Morgan fingerprint density at radius 2 is 2.33 bits per heavy atom. The molecular formula is CH5ClO3Si. The molecule has 0 fully saturated rings. The molecule has 0 aromatic heterocycles. The molecule has 0 radical (unpaired) electrons. The predicted octanol–water partition coefficient (Wildman–Crippen LogP) is -0.657. The van der Waals surface area contributed by atoms with Gasteiger partial charge in [-0.2, -0.15) is 4.89 Å². The molecule has 0 heterocycles. The Morgan fingerprint density at radius 1 is 1.67 bits per heavy atom. The molecule has 0 N–H and O–H groups in total. The highest BCUT2D eigenvalue weighted by molar-refractivity contribution is 6.17. The van der Waals surface area contributed by atoms with E-state index in [-0.39, 0.29) is 6.07 Å². The minimum absolute atomic E-state index is 0.00222. The predicted molar refractivity (Wildman–Crippen MR) is 23.9 cm³/mol. The van der Waals surface area contributed by atoms with Crippen molar-refractivity contribution < 1.29 is 14.5 Å². The highest BCUT2D eigenvalue weighted by atomic mass is 35.5. The number of halogens is 1. The first-order chi connectivity index (χ1) is 2.91. The van der Waals surface area contributed by atoms with Gasteiger partial charge in [0.1, 0.15) is 0 Å². The van der Waals surface area contributed by atoms with Crippen LogP contribution in [-0.2, 0) is 14.5 Å². The summed E-state index contributed by atoms with van der Waals surface area (Å²) in [5.74, 6) is 0. The third-order valence-electron chi connectivity index (χ3n) is 0.161. The van der Waals surface area contributed by atoms with Crippen molar-refractivity contribution in [1.29, 1.82) is 0 Å². The van der Waals surface area contributed by atoms with Crippen molar-refractivity contribution in [2.24, 2.45) is 0 Å². The van der Waals surface area contributed by atoms with Crippen LogP contribution in [0.2, 0.25) is 0 Å². The summed E-state index contributed by atoms with van der Waals surface area (Å²) in [5, 5.41) is 3.91. The molecule has 0 saturated heterocycles. The normalized spacial score (nSPS) is 9.50. The first kappa shape index (κ1) is 6.39. The molecular weight excluding hydrogens is 124 g/mol. The minimum Gasteiger partial charge on any atom is -0.269 e. The van der Waals surface area contributed by atoms with Gasteiger partial charge < -0.3 is 0 Å². The number of hydrogen-bond donors (Lipinski definition) is 0. The molecule has 0 bridgehead atoms. The quantitative estimate of drug-likeness (QED) is 0.166. The van der Waals surface area contributed by atoms with Crippen LogP contribution in [0, 0.1) is 0 Å². The van der Waals surface area contributed by atoms with Gasteiger partial charge in [0.15, 0.2) is 16.6 Å². The molecule has 0 amide bonds. The Hall–Kier alpha value is 0.387. The second-order valence-corrected chi connectivity index (χ2v) is 1.01. The van der Waals surface area contributed by atoms with E-state index in [4.69, 9.17) is 11.6 Å². The van der Waals surface area contributed by atoms with Crippen molar-refractivity contribution >= 4 is 22.1 Å². The number of alkyl halides is 1. The molecule has 5 heteroatoms. The van der Waals surface area contributed by atoms with Crippen molar-refractivity contribution in [3.63, 3.8) is 0 Å². The first-order valence-corrected chi connectivity index (χ1v) is 2.65. The summed E-state index contributed by atoms with van der Waals surface area (Å²) in [5.41, 5.74) is 0. The molecule has 0 aliphatic heterocycles. The van der Waals surface area contributed by atoms with Crippen LogP contribution in [0.25, 0.3) is 0 Å². The zero-order chi connectivity index (χ0) is 4.83. The van der Waals surface area contributed by atoms with E-state index in [2.05, 4.69) is 14.5 Å². The average molecular weight is 129 g/mol. The van der Waals surface area contributed by atoms with E-state index >= 15 is 0 Å². The van der Waals surface area contributed by atoms with Crippen molar-refractivity contribution in [3.05, 3.63) is 0 Å². The zero-order valence-electron chi connectivity index (χ0n) is 3.31. The van der Waals surface area contributed by atoms with Gasteiger partial charge in [-0.1, -0.05) is 16.6 Å². The fourth-order valence-corrected chi connectivity index (χ4v) is 0.199. The van der Waals surface area contributed by atoms with Crippen molar-refractivity contribution in [1.82, 2.24) is 0 Å². The maximum absolute atomic E-state index is 4.97. The molecule has 0 aromatic rings. The van der Waals surface area contributed by atoms with E-state index in [1.165, 1.54) is 0 Å². The molecule has 0 aliphatic carbocycles. The molecule has 0 rings (SSSR count). The van der Waals surface area contributed by atoms with Crippen molar-refractivity contribution in [3.8, 4) is 0 Å². The van der Waals surface area contributed by atoms with Gasteiger partial charge >= 0.3 is 0 Å². The van der Waals surface area contributed by atoms with Crippen LogP contribution in [0.4, 0.5) is 0 Å². The Morgan fingerprint density at radius 3 is 2.50 bits per heavy atom. The van der Waals surface area contributed by atoms with Crippen LogP contribution in [-0.4, -0.2) is 16.6 Å². The topological polar surface area (TPSA) is 27.7 Å². The van der Waals surface area contributed by atoms with E-state index in [0.717, 1.165) is 0 Å². The maximum Gasteiger partial charge on any atom is 0.197 e. The van der Waals surface area contributed by atoms with Gasteiger partial charge in [0.05, 0.1) is 0 Å². The van der Waals surface area contributed by atoms with Crippen LogP contribution in [0.15, 0.2) is 0 Å². The highest BCUT2D eigenvalue weighted by Gasteiger charge is 1.73. The lowest BCUT2D eigenvalue weighted by Crippen LogP contribution is -1.89. The summed E-state index contributed by atoms with van der Waals surface area (Å²) in [6, 6.07) is 0.00222. The van der Waals surface area contributed by atoms with E-state index in [1.54, 1.807) is 0 Å². The molecule has 38 valence electrons. The summed E-state index contributed by atoms with van der Waals surface area (Å²) >= 11 is 4.97. The van der Waals surface area contributed by atoms with E-state index in [0.29, 0.717) is 10.5 Å². The SMILES string of the molecule is [SiH3]OOOCCl. The maximum atomic E-state index is 4.97. The monoisotopic (exact) mass is 128 g/mol. The van der Waals surface area contributed by atoms with Gasteiger partial charge in [-0.15, -0.1) is 0 Å². The minimum atomic E-state index is 0.00222. The number of hydrogen-bond acceptors (Lipinski definition) is 3. The summed E-state index contributed by atoms with van der Waals surface area (Å²) < 4.78 is 4.11. The third kappa shape index (κ3) is 4.39. The Balaban J connectivity index is 2.34. The van der Waals surface area contributed by atoms with E-state index < -0.39 is 0 Å². The highest BCUT2D eigenvalue weighted by Crippen LogP contribution is 1.78. The van der Waals surface area contributed by atoms with Gasteiger partial charge in [0.25, 0.3) is 0 Å². The van der Waals surface area contributed by atoms with E-state index in [9.17, 15) is 0 Å². The molecule has 0 unspecified atom stereocenters. The lowest BCUT2D eigenvalue weighted by atomic mass is 11.7. The smallest absolute Gasteiger partial charge is 0.197 e. The van der Waals surface area contributed by atoms with Crippen LogP contribution in [0.5, 0.6) is 0 Å². The number of rotatable bonds is 3. The molecule has 6 heavy (non-hydrogen) atoms. The average Bonchev–Trinajstić information content (AvgIpc) is 1.61. The molecule has 0 atom stereocenters. The second kappa shape index (κ2) is 5.39. The molecule has 0 aromatic carbocycles. The largest absolute Gasteiger partial charge is 0.269 e. The zero-order valence-corrected chi connectivity index (χ0v) is 6.07. The first-order valence-electron chi connectivity index (χ1n) is 1.30. The lowest BCUT2D eigenvalue weighted by molar-refractivity contribution is -0.459. The van der Waals surface area contributed by atoms with Crippen LogP contribution in [0.1, 0.15) is 0 Å². The molecule has 0 saturated carbocycles. The van der Waals surface area contributed by atoms with Gasteiger partial charge in [-0.25, -0.2) is 0 Å². The van der Waals surface area contributed by atoms with E-state index in [1.807, 2.05) is 0 Å². The Bertz CT molecular complexity index is 22.8. The standard InChI is InChI=1S/CH5ClO3Si/c2-1-3-4-5-6/h1H2,6H3. The summed E-state index contributed by atoms with van der Waals surface area (Å²) in [6.07, 6.45) is 0. The summed E-state index contributed by atoms with van der Waals surface area (Å²) in [6.45, 7) is 0. The Labute approximate surface area is 43.5 Å². The summed E-state index contributed by atoms with van der Waals surface area (Å²) in [7, 11) is 0.497. The van der Waals surface area contributed by atoms with Gasteiger partial charge in [0.2, 0.25) is 0 Å². The van der Waals surface area contributed by atoms with Crippen LogP contribution < -0.4 is 0 Å². The molecule has 0 aliphatic rings.